The van der Waals surface area contributed by atoms with Crippen molar-refractivity contribution in [3.63, 3.8) is 0 Å². The number of hydrogen-bond donors (Lipinski definition) is 3. The third-order valence-electron chi connectivity index (χ3n) is 11.5. The summed E-state index contributed by atoms with van der Waals surface area (Å²) < 4.78 is 24.3. The molecule has 6 fully saturated rings. The van der Waals surface area contributed by atoms with Crippen molar-refractivity contribution in [3.8, 4) is 0 Å². The molecular formula is C25H41NO7. The predicted octanol–water partition coefficient (Wildman–Crippen LogP) is 0.127. The van der Waals surface area contributed by atoms with Crippen molar-refractivity contribution in [2.45, 2.75) is 68.3 Å². The molecule has 1 aliphatic heterocycles. The minimum atomic E-state index is -1.09. The smallest absolute Gasteiger partial charge is 0.0796 e. The molecule has 1 saturated heterocycles. The monoisotopic (exact) mass is 467 g/mol. The van der Waals surface area contributed by atoms with Crippen LogP contribution in [-0.4, -0.2) is 111 Å². The third kappa shape index (κ3) is 2.32. The average Bonchev–Trinajstić information content (AvgIpc) is 3.20. The summed E-state index contributed by atoms with van der Waals surface area (Å²) in [6.45, 7) is 4.14. The van der Waals surface area contributed by atoms with E-state index < -0.39 is 23.2 Å². The van der Waals surface area contributed by atoms with Crippen LogP contribution in [0.5, 0.6) is 0 Å². The van der Waals surface area contributed by atoms with Gasteiger partial charge in [-0.1, -0.05) is 6.92 Å². The van der Waals surface area contributed by atoms with Gasteiger partial charge in [0, 0.05) is 88.4 Å². The standard InChI is InChI=1S/C25H41NO7/c1-6-26-10-23(11-30-2)15(27)8-16(32-4)25-13-7-12-14(31-3)9-24(29,17(13)19(12)28)18(22(25)26)20(33-5)21(23)25/h12-22,27-29H,6-11H2,1-5H3/t12-,13?,14-,15-,16+,17?,18+,19+,20+,21?,22-,23+,24-,25+/m1/s1. The number of ether oxygens (including phenoxy) is 4. The summed E-state index contributed by atoms with van der Waals surface area (Å²) in [6, 6.07) is 0.0627. The summed E-state index contributed by atoms with van der Waals surface area (Å²) >= 11 is 0. The Kier molecular flexibility index (Phi) is 5.15. The summed E-state index contributed by atoms with van der Waals surface area (Å²) in [5, 5.41) is 35.8. The van der Waals surface area contributed by atoms with E-state index >= 15 is 0 Å². The van der Waals surface area contributed by atoms with E-state index in [0.29, 0.717) is 19.4 Å². The van der Waals surface area contributed by atoms with Crippen molar-refractivity contribution in [1.29, 1.82) is 0 Å². The molecule has 5 saturated carbocycles. The molecule has 3 unspecified atom stereocenters. The zero-order chi connectivity index (χ0) is 23.5. The van der Waals surface area contributed by atoms with E-state index in [2.05, 4.69) is 11.8 Å². The first-order chi connectivity index (χ1) is 15.8. The van der Waals surface area contributed by atoms with Gasteiger partial charge >= 0.3 is 0 Å². The van der Waals surface area contributed by atoms with Gasteiger partial charge in [0.1, 0.15) is 0 Å². The minimum Gasteiger partial charge on any atom is -0.392 e. The highest BCUT2D eigenvalue weighted by molar-refractivity contribution is 5.36. The van der Waals surface area contributed by atoms with Crippen molar-refractivity contribution in [1.82, 2.24) is 4.90 Å². The van der Waals surface area contributed by atoms with Crippen LogP contribution in [0, 0.1) is 40.4 Å². The van der Waals surface area contributed by atoms with E-state index in [9.17, 15) is 15.3 Å². The van der Waals surface area contributed by atoms with Gasteiger partial charge in [0.25, 0.3) is 0 Å². The highest BCUT2D eigenvalue weighted by atomic mass is 16.5. The molecule has 0 aromatic carbocycles. The van der Waals surface area contributed by atoms with Gasteiger partial charge in [0.2, 0.25) is 0 Å². The highest BCUT2D eigenvalue weighted by Gasteiger charge is 2.87. The normalized spacial score (nSPS) is 60.9. The van der Waals surface area contributed by atoms with Crippen molar-refractivity contribution in [2.75, 3.05) is 48.1 Å². The Morgan fingerprint density at radius 3 is 2.36 bits per heavy atom. The first-order valence-electron chi connectivity index (χ1n) is 12.7. The average molecular weight is 468 g/mol. The van der Waals surface area contributed by atoms with Crippen LogP contribution < -0.4 is 0 Å². The fraction of sp³-hybridized carbons (Fsp3) is 1.00. The number of rotatable bonds is 6. The molecule has 0 aromatic rings. The molecule has 33 heavy (non-hydrogen) atoms. The molecule has 0 aromatic heterocycles. The summed E-state index contributed by atoms with van der Waals surface area (Å²) in [5.74, 6) is -0.369. The van der Waals surface area contributed by atoms with Crippen molar-refractivity contribution < 1.29 is 34.3 Å². The molecule has 0 radical (unpaired) electrons. The second-order valence-electron chi connectivity index (χ2n) is 11.8. The van der Waals surface area contributed by atoms with Gasteiger partial charge in [-0.25, -0.2) is 0 Å². The number of hydrogen-bond acceptors (Lipinski definition) is 8. The maximum absolute atomic E-state index is 12.6. The fourth-order valence-corrected chi connectivity index (χ4v) is 10.9. The first-order valence-corrected chi connectivity index (χ1v) is 12.7. The number of nitrogens with zero attached hydrogens (tertiary/aromatic N) is 1. The maximum atomic E-state index is 12.6. The lowest BCUT2D eigenvalue weighted by molar-refractivity contribution is -0.295. The molecule has 6 aliphatic rings. The maximum Gasteiger partial charge on any atom is 0.0796 e. The van der Waals surface area contributed by atoms with Crippen molar-refractivity contribution in [3.05, 3.63) is 0 Å². The Morgan fingerprint density at radius 2 is 1.76 bits per heavy atom. The lowest BCUT2D eigenvalue weighted by Crippen LogP contribution is -2.78. The quantitative estimate of drug-likeness (QED) is 0.507. The van der Waals surface area contributed by atoms with Crippen LogP contribution in [0.3, 0.4) is 0 Å². The third-order valence-corrected chi connectivity index (χ3v) is 11.5. The van der Waals surface area contributed by atoms with E-state index in [-0.39, 0.29) is 59.4 Å². The Hall–Kier alpha value is -0.320. The largest absolute Gasteiger partial charge is 0.392 e. The number of aliphatic hydroxyl groups excluding tert-OH is 2. The molecule has 1 spiro atoms. The van der Waals surface area contributed by atoms with Gasteiger partial charge in [0.05, 0.1) is 42.7 Å². The lowest BCUT2D eigenvalue weighted by Gasteiger charge is -2.70. The second kappa shape index (κ2) is 7.35. The molecule has 6 rings (SSSR count). The lowest BCUT2D eigenvalue weighted by atomic mass is 9.42. The van der Waals surface area contributed by atoms with Gasteiger partial charge in [-0.15, -0.1) is 0 Å². The molecule has 7 bridgehead atoms. The highest BCUT2D eigenvalue weighted by Crippen LogP contribution is 2.79. The van der Waals surface area contributed by atoms with Gasteiger partial charge in [-0.2, -0.15) is 0 Å². The van der Waals surface area contributed by atoms with E-state index in [1.807, 2.05) is 0 Å². The van der Waals surface area contributed by atoms with Crippen molar-refractivity contribution >= 4 is 0 Å². The Bertz CT molecular complexity index is 799. The summed E-state index contributed by atoms with van der Waals surface area (Å²) in [5.41, 5.74) is -1.93. The first kappa shape index (κ1) is 23.1. The molecule has 0 amide bonds. The summed E-state index contributed by atoms with van der Waals surface area (Å²) in [6.07, 6.45) is 0.0688. The number of piperidine rings is 1. The zero-order valence-corrected chi connectivity index (χ0v) is 20.5. The fourth-order valence-electron chi connectivity index (χ4n) is 10.9. The summed E-state index contributed by atoms with van der Waals surface area (Å²) in [7, 11) is 6.91. The van der Waals surface area contributed by atoms with Gasteiger partial charge in [-0.3, -0.25) is 4.90 Å². The van der Waals surface area contributed by atoms with Crippen molar-refractivity contribution in [2.24, 2.45) is 40.4 Å². The summed E-state index contributed by atoms with van der Waals surface area (Å²) in [4.78, 5) is 2.47. The van der Waals surface area contributed by atoms with E-state index in [1.165, 1.54) is 0 Å². The second-order valence-corrected chi connectivity index (χ2v) is 11.8. The van der Waals surface area contributed by atoms with Crippen LogP contribution in [0.4, 0.5) is 0 Å². The number of likely N-dealkylation sites (tertiary alicyclic amines) is 1. The van der Waals surface area contributed by atoms with Gasteiger partial charge in [-0.05, 0) is 18.9 Å². The SMILES string of the molecule is CCN1C[C@@]2(COC)C3[C@@H](OC)[C@H]4[C@@H]1[C@@]3(C1C[C@H]3[C@H](O)C1[C@]4(O)C[C@H]3OC)[C@@H](OC)C[C@H]2O. The van der Waals surface area contributed by atoms with E-state index in [0.717, 1.165) is 19.5 Å². The van der Waals surface area contributed by atoms with E-state index in [4.69, 9.17) is 18.9 Å². The van der Waals surface area contributed by atoms with Crippen LogP contribution in [0.2, 0.25) is 0 Å². The Morgan fingerprint density at radius 1 is 1.00 bits per heavy atom. The van der Waals surface area contributed by atoms with Crippen LogP contribution in [0.25, 0.3) is 0 Å². The van der Waals surface area contributed by atoms with Gasteiger partial charge in [0.15, 0.2) is 0 Å². The Balaban J connectivity index is 1.65. The Labute approximate surface area is 196 Å². The number of fused-ring (bicyclic) bond motifs is 2. The molecular weight excluding hydrogens is 426 g/mol. The predicted molar refractivity (Wildman–Crippen MR) is 118 cm³/mol. The zero-order valence-electron chi connectivity index (χ0n) is 20.5. The molecule has 14 atom stereocenters. The van der Waals surface area contributed by atoms with Gasteiger partial charge < -0.3 is 34.3 Å². The van der Waals surface area contributed by atoms with Crippen LogP contribution >= 0.6 is 0 Å². The molecule has 8 nitrogen and oxygen atoms in total. The van der Waals surface area contributed by atoms with Crippen LogP contribution in [0.15, 0.2) is 0 Å². The van der Waals surface area contributed by atoms with E-state index in [1.54, 1.807) is 28.4 Å². The molecule has 1 heterocycles. The van der Waals surface area contributed by atoms with Crippen LogP contribution in [-0.2, 0) is 18.9 Å². The number of aliphatic hydroxyl groups is 3. The minimum absolute atomic E-state index is 0.0111. The molecule has 3 N–H and O–H groups in total. The molecule has 5 aliphatic carbocycles. The number of methoxy groups -OCH3 is 4. The molecule has 8 heteroatoms. The molecule has 188 valence electrons. The van der Waals surface area contributed by atoms with Crippen LogP contribution in [0.1, 0.15) is 26.2 Å². The topological polar surface area (TPSA) is 101 Å².